The summed E-state index contributed by atoms with van der Waals surface area (Å²) in [6, 6.07) is 7.19. The van der Waals surface area contributed by atoms with Crippen LogP contribution in [0.15, 0.2) is 18.2 Å². The van der Waals surface area contributed by atoms with Gasteiger partial charge in [0, 0.05) is 24.8 Å². The fourth-order valence-corrected chi connectivity index (χ4v) is 2.80. The van der Waals surface area contributed by atoms with Crippen molar-refractivity contribution in [2.24, 2.45) is 11.7 Å². The van der Waals surface area contributed by atoms with Crippen molar-refractivity contribution >= 4 is 5.69 Å². The molecule has 0 bridgehead atoms. The van der Waals surface area contributed by atoms with Crippen molar-refractivity contribution in [2.75, 3.05) is 18.0 Å². The minimum Gasteiger partial charge on any atom is -0.372 e. The molecule has 0 saturated carbocycles. The van der Waals surface area contributed by atoms with Gasteiger partial charge in [0.25, 0.3) is 0 Å². The lowest BCUT2D eigenvalue weighted by Gasteiger charge is -2.32. The molecular formula is C17H28N2. The lowest BCUT2D eigenvalue weighted by atomic mass is 9.97. The Hall–Kier alpha value is -1.02. The Labute approximate surface area is 118 Å². The number of aryl methyl sites for hydroxylation is 1. The lowest BCUT2D eigenvalue weighted by molar-refractivity contribution is 0.438. The van der Waals surface area contributed by atoms with Gasteiger partial charge in [0.15, 0.2) is 0 Å². The van der Waals surface area contributed by atoms with Crippen LogP contribution < -0.4 is 10.6 Å². The molecule has 0 aliphatic carbocycles. The average molecular weight is 260 g/mol. The van der Waals surface area contributed by atoms with Crippen LogP contribution in [-0.4, -0.2) is 19.1 Å². The third-order valence-electron chi connectivity index (χ3n) is 4.48. The van der Waals surface area contributed by atoms with E-state index in [1.165, 1.54) is 42.7 Å². The first-order chi connectivity index (χ1) is 9.10. The van der Waals surface area contributed by atoms with Gasteiger partial charge >= 0.3 is 0 Å². The second-order valence-electron chi connectivity index (χ2n) is 6.15. The Kier molecular flexibility index (Phi) is 4.87. The van der Waals surface area contributed by atoms with Crippen LogP contribution in [-0.2, 0) is 6.42 Å². The molecule has 0 spiro atoms. The topological polar surface area (TPSA) is 29.3 Å². The highest BCUT2D eigenvalue weighted by atomic mass is 15.1. The van der Waals surface area contributed by atoms with Crippen LogP contribution in [0, 0.1) is 12.8 Å². The third-order valence-corrected chi connectivity index (χ3v) is 4.48. The van der Waals surface area contributed by atoms with E-state index < -0.39 is 0 Å². The second-order valence-corrected chi connectivity index (χ2v) is 6.15. The largest absolute Gasteiger partial charge is 0.372 e. The van der Waals surface area contributed by atoms with Crippen LogP contribution in [0.3, 0.4) is 0 Å². The van der Waals surface area contributed by atoms with Gasteiger partial charge in [0.1, 0.15) is 0 Å². The Morgan fingerprint density at radius 2 is 2.00 bits per heavy atom. The fraction of sp³-hybridized carbons (Fsp3) is 0.647. The van der Waals surface area contributed by atoms with Crippen molar-refractivity contribution in [3.8, 4) is 0 Å². The molecule has 2 nitrogen and oxygen atoms in total. The zero-order valence-corrected chi connectivity index (χ0v) is 12.7. The number of benzene rings is 1. The summed E-state index contributed by atoms with van der Waals surface area (Å²) in [5.74, 6) is 0.888. The van der Waals surface area contributed by atoms with Gasteiger partial charge in [0.2, 0.25) is 0 Å². The molecule has 1 aromatic carbocycles. The maximum atomic E-state index is 6.06. The molecule has 1 aromatic rings. The number of hydrogen-bond acceptors (Lipinski definition) is 2. The minimum absolute atomic E-state index is 0.292. The van der Waals surface area contributed by atoms with E-state index in [-0.39, 0.29) is 0 Å². The highest BCUT2D eigenvalue weighted by Crippen LogP contribution is 2.25. The van der Waals surface area contributed by atoms with Gasteiger partial charge in [-0.25, -0.2) is 0 Å². The van der Waals surface area contributed by atoms with Crippen LogP contribution >= 0.6 is 0 Å². The molecule has 0 radical (unpaired) electrons. The summed E-state index contributed by atoms with van der Waals surface area (Å²) in [6.07, 6.45) is 4.69. The smallest absolute Gasteiger partial charge is 0.0369 e. The molecule has 2 rings (SSSR count). The fourth-order valence-electron chi connectivity index (χ4n) is 2.80. The number of rotatable bonds is 4. The molecule has 2 N–H and O–H groups in total. The lowest BCUT2D eigenvalue weighted by Crippen LogP contribution is -2.32. The van der Waals surface area contributed by atoms with Crippen LogP contribution in [0.5, 0.6) is 0 Å². The highest BCUT2D eigenvalue weighted by molar-refractivity contribution is 5.51. The van der Waals surface area contributed by atoms with Crippen LogP contribution in [0.2, 0.25) is 0 Å². The Morgan fingerprint density at radius 1 is 1.32 bits per heavy atom. The molecule has 1 heterocycles. The number of anilines is 1. The molecule has 19 heavy (non-hydrogen) atoms. The van der Waals surface area contributed by atoms with Crippen molar-refractivity contribution in [2.45, 2.75) is 52.5 Å². The van der Waals surface area contributed by atoms with Gasteiger partial charge in [-0.15, -0.1) is 0 Å². The standard InChI is InChI=1S/C17H28N2/c1-4-16(18)12-15-5-6-17(11-14(15)3)19-9-7-13(2)8-10-19/h5-6,11,13,16H,4,7-10,12,18H2,1-3H3. The maximum Gasteiger partial charge on any atom is 0.0369 e. The van der Waals surface area contributed by atoms with Gasteiger partial charge in [-0.2, -0.15) is 0 Å². The van der Waals surface area contributed by atoms with E-state index in [9.17, 15) is 0 Å². The highest BCUT2D eigenvalue weighted by Gasteiger charge is 2.16. The number of nitrogens with two attached hydrogens (primary N) is 1. The summed E-state index contributed by atoms with van der Waals surface area (Å²) in [5, 5.41) is 0. The molecule has 1 unspecified atom stereocenters. The van der Waals surface area contributed by atoms with E-state index in [0.29, 0.717) is 6.04 Å². The second kappa shape index (κ2) is 6.42. The number of nitrogens with zero attached hydrogens (tertiary/aromatic N) is 1. The van der Waals surface area contributed by atoms with Gasteiger partial charge < -0.3 is 10.6 Å². The SMILES string of the molecule is CCC(N)Cc1ccc(N2CCC(C)CC2)cc1C. The number of piperidine rings is 1. The number of hydrogen-bond donors (Lipinski definition) is 1. The Bertz CT molecular complexity index is 406. The summed E-state index contributed by atoms with van der Waals surface area (Å²) in [7, 11) is 0. The first-order valence-corrected chi connectivity index (χ1v) is 7.70. The van der Waals surface area contributed by atoms with E-state index in [1.54, 1.807) is 0 Å². The van der Waals surface area contributed by atoms with Crippen LogP contribution in [0.4, 0.5) is 5.69 Å². The molecule has 1 aliphatic heterocycles. The predicted octanol–water partition coefficient (Wildman–Crippen LogP) is 3.51. The van der Waals surface area contributed by atoms with Crippen molar-refractivity contribution < 1.29 is 0 Å². The van der Waals surface area contributed by atoms with Crippen molar-refractivity contribution in [1.82, 2.24) is 0 Å². The van der Waals surface area contributed by atoms with E-state index in [4.69, 9.17) is 5.73 Å². The maximum absolute atomic E-state index is 6.06. The van der Waals surface area contributed by atoms with E-state index in [0.717, 1.165) is 18.8 Å². The summed E-state index contributed by atoms with van der Waals surface area (Å²) in [6.45, 7) is 9.14. The third kappa shape index (κ3) is 3.73. The molecule has 0 aromatic heterocycles. The zero-order chi connectivity index (χ0) is 13.8. The molecule has 1 saturated heterocycles. The predicted molar refractivity (Wildman–Crippen MR) is 83.8 cm³/mol. The monoisotopic (exact) mass is 260 g/mol. The van der Waals surface area contributed by atoms with Gasteiger partial charge in [-0.05, 0) is 61.8 Å². The van der Waals surface area contributed by atoms with Gasteiger partial charge in [-0.3, -0.25) is 0 Å². The first-order valence-electron chi connectivity index (χ1n) is 7.70. The molecule has 106 valence electrons. The Balaban J connectivity index is 2.06. The Morgan fingerprint density at radius 3 is 2.58 bits per heavy atom. The van der Waals surface area contributed by atoms with Gasteiger partial charge in [0.05, 0.1) is 0 Å². The molecule has 1 atom stereocenters. The van der Waals surface area contributed by atoms with Crippen LogP contribution in [0.1, 0.15) is 44.2 Å². The van der Waals surface area contributed by atoms with E-state index in [1.807, 2.05) is 0 Å². The van der Waals surface area contributed by atoms with Gasteiger partial charge in [-0.1, -0.05) is 19.9 Å². The van der Waals surface area contributed by atoms with Crippen molar-refractivity contribution in [3.05, 3.63) is 29.3 Å². The van der Waals surface area contributed by atoms with E-state index in [2.05, 4.69) is 43.9 Å². The minimum atomic E-state index is 0.292. The first kappa shape index (κ1) is 14.4. The summed E-state index contributed by atoms with van der Waals surface area (Å²) in [5.41, 5.74) is 10.2. The zero-order valence-electron chi connectivity index (χ0n) is 12.7. The summed E-state index contributed by atoms with van der Waals surface area (Å²) >= 11 is 0. The summed E-state index contributed by atoms with van der Waals surface area (Å²) < 4.78 is 0. The molecule has 1 fully saturated rings. The van der Waals surface area contributed by atoms with Crippen molar-refractivity contribution in [1.29, 1.82) is 0 Å². The quantitative estimate of drug-likeness (QED) is 0.897. The average Bonchev–Trinajstić information content (AvgIpc) is 2.41. The normalized spacial score (nSPS) is 18.6. The van der Waals surface area contributed by atoms with E-state index >= 15 is 0 Å². The van der Waals surface area contributed by atoms with Crippen molar-refractivity contribution in [3.63, 3.8) is 0 Å². The molecule has 0 amide bonds. The summed E-state index contributed by atoms with van der Waals surface area (Å²) in [4.78, 5) is 2.52. The molecule has 1 aliphatic rings. The molecule has 2 heteroatoms. The van der Waals surface area contributed by atoms with Crippen LogP contribution in [0.25, 0.3) is 0 Å². The molecular weight excluding hydrogens is 232 g/mol.